The van der Waals surface area contributed by atoms with Crippen LogP contribution in [0.15, 0.2) is 0 Å². The monoisotopic (exact) mass is 362 g/mol. The maximum Gasteiger partial charge on any atom is 0.248 e. The Morgan fingerprint density at radius 3 is 2.19 bits per heavy atom. The molecule has 1 saturated carbocycles. The van der Waals surface area contributed by atoms with Crippen LogP contribution in [-0.4, -0.2) is 39.1 Å². The number of alkyl halides is 2. The third-order valence-corrected chi connectivity index (χ3v) is 5.68. The first-order valence-corrected chi connectivity index (χ1v) is 9.41. The predicted octanol–water partition coefficient (Wildman–Crippen LogP) is 4.22. The number of aromatic nitrogens is 4. The lowest BCUT2D eigenvalue weighted by atomic mass is 9.84. The van der Waals surface area contributed by atoms with E-state index in [1.54, 1.807) is 0 Å². The number of rotatable bonds is 2. The zero-order chi connectivity index (χ0) is 18.3. The van der Waals surface area contributed by atoms with Gasteiger partial charge < -0.3 is 4.74 Å². The van der Waals surface area contributed by atoms with Gasteiger partial charge in [0.05, 0.1) is 17.1 Å². The van der Waals surface area contributed by atoms with Gasteiger partial charge in [-0.25, -0.2) is 28.7 Å². The largest absolute Gasteiger partial charge is 0.381 e. The highest BCUT2D eigenvalue weighted by Crippen LogP contribution is 2.42. The minimum atomic E-state index is -2.55. The lowest BCUT2D eigenvalue weighted by Crippen LogP contribution is -2.25. The Kier molecular flexibility index (Phi) is 4.59. The smallest absolute Gasteiger partial charge is 0.248 e. The molecule has 0 atom stereocenters. The van der Waals surface area contributed by atoms with E-state index in [9.17, 15) is 8.78 Å². The zero-order valence-corrected chi connectivity index (χ0v) is 15.3. The molecule has 1 saturated heterocycles. The summed E-state index contributed by atoms with van der Waals surface area (Å²) >= 11 is 0. The summed E-state index contributed by atoms with van der Waals surface area (Å²) in [6.07, 6.45) is 2.45. The molecule has 7 heteroatoms. The number of fused-ring (bicyclic) bond motifs is 1. The van der Waals surface area contributed by atoms with E-state index in [1.807, 2.05) is 13.8 Å². The van der Waals surface area contributed by atoms with E-state index in [4.69, 9.17) is 14.7 Å². The second kappa shape index (κ2) is 6.76. The fourth-order valence-electron chi connectivity index (χ4n) is 3.89. The quantitative estimate of drug-likeness (QED) is 0.800. The van der Waals surface area contributed by atoms with Gasteiger partial charge >= 0.3 is 0 Å². The third-order valence-electron chi connectivity index (χ3n) is 5.68. The van der Waals surface area contributed by atoms with E-state index in [1.165, 1.54) is 0 Å². The molecule has 1 aliphatic carbocycles. The van der Waals surface area contributed by atoms with Gasteiger partial charge in [-0.2, -0.15) is 0 Å². The molecule has 5 nitrogen and oxygen atoms in total. The Morgan fingerprint density at radius 1 is 0.846 bits per heavy atom. The van der Waals surface area contributed by atoms with Crippen molar-refractivity contribution in [1.82, 2.24) is 19.9 Å². The highest BCUT2D eigenvalue weighted by molar-refractivity contribution is 5.73. The molecular formula is C19H24F2N4O. The molecule has 26 heavy (non-hydrogen) atoms. The van der Waals surface area contributed by atoms with Crippen molar-refractivity contribution in [2.45, 2.75) is 70.1 Å². The van der Waals surface area contributed by atoms with Crippen molar-refractivity contribution in [2.75, 3.05) is 13.2 Å². The normalized spacial score (nSPS) is 22.0. The summed E-state index contributed by atoms with van der Waals surface area (Å²) in [7, 11) is 0. The molecule has 2 aromatic rings. The number of ether oxygens (including phenoxy) is 1. The fourth-order valence-corrected chi connectivity index (χ4v) is 3.89. The van der Waals surface area contributed by atoms with Crippen LogP contribution in [0.2, 0.25) is 0 Å². The van der Waals surface area contributed by atoms with Crippen LogP contribution in [0.3, 0.4) is 0 Å². The summed E-state index contributed by atoms with van der Waals surface area (Å²) in [5, 5.41) is 0. The zero-order valence-electron chi connectivity index (χ0n) is 15.3. The van der Waals surface area contributed by atoms with Crippen LogP contribution in [0.25, 0.3) is 11.2 Å². The van der Waals surface area contributed by atoms with Crippen LogP contribution in [-0.2, 0) is 4.74 Å². The number of halogens is 2. The van der Waals surface area contributed by atoms with Gasteiger partial charge in [0.2, 0.25) is 5.92 Å². The van der Waals surface area contributed by atoms with Crippen LogP contribution in [0.5, 0.6) is 0 Å². The number of hydrogen-bond donors (Lipinski definition) is 0. The fraction of sp³-hybridized carbons (Fsp3) is 0.684. The van der Waals surface area contributed by atoms with E-state index in [0.717, 1.165) is 35.7 Å². The van der Waals surface area contributed by atoms with Gasteiger partial charge in [0, 0.05) is 37.9 Å². The SMILES string of the molecule is Cc1nc2nc(C3CCOCC3)nc(C3CCC(F)(F)CC3)c2nc1C. The van der Waals surface area contributed by atoms with Crippen molar-refractivity contribution in [3.8, 4) is 0 Å². The highest BCUT2D eigenvalue weighted by Gasteiger charge is 2.37. The molecule has 0 amide bonds. The Morgan fingerprint density at radius 2 is 1.50 bits per heavy atom. The van der Waals surface area contributed by atoms with Crippen LogP contribution in [0, 0.1) is 13.8 Å². The van der Waals surface area contributed by atoms with Crippen molar-refractivity contribution in [3.05, 3.63) is 22.9 Å². The second-order valence-electron chi connectivity index (χ2n) is 7.55. The first-order valence-electron chi connectivity index (χ1n) is 9.41. The molecule has 0 unspecified atom stereocenters. The van der Waals surface area contributed by atoms with Crippen LogP contribution < -0.4 is 0 Å². The molecule has 140 valence electrons. The summed E-state index contributed by atoms with van der Waals surface area (Å²) in [6.45, 7) is 5.23. The molecule has 3 heterocycles. The predicted molar refractivity (Wildman–Crippen MR) is 93.6 cm³/mol. The van der Waals surface area contributed by atoms with Gasteiger partial charge in [0.15, 0.2) is 5.65 Å². The molecule has 1 aliphatic heterocycles. The first kappa shape index (κ1) is 17.6. The molecule has 4 rings (SSSR count). The van der Waals surface area contributed by atoms with E-state index >= 15 is 0 Å². The molecule has 0 spiro atoms. The molecular weight excluding hydrogens is 338 g/mol. The number of aryl methyl sites for hydroxylation is 2. The number of hydrogen-bond acceptors (Lipinski definition) is 5. The topological polar surface area (TPSA) is 60.8 Å². The molecule has 2 aliphatic rings. The van der Waals surface area contributed by atoms with Crippen LogP contribution in [0.1, 0.15) is 73.3 Å². The Hall–Kier alpha value is -1.76. The molecule has 0 radical (unpaired) electrons. The molecule has 2 aromatic heterocycles. The molecule has 0 aromatic carbocycles. The van der Waals surface area contributed by atoms with Gasteiger partial charge in [-0.05, 0) is 39.5 Å². The van der Waals surface area contributed by atoms with Crippen molar-refractivity contribution in [2.24, 2.45) is 0 Å². The lowest BCUT2D eigenvalue weighted by molar-refractivity contribution is -0.0384. The van der Waals surface area contributed by atoms with Crippen molar-refractivity contribution in [1.29, 1.82) is 0 Å². The first-order chi connectivity index (χ1) is 12.4. The van der Waals surface area contributed by atoms with E-state index in [0.29, 0.717) is 37.2 Å². The maximum absolute atomic E-state index is 13.6. The van der Waals surface area contributed by atoms with Gasteiger partial charge in [-0.1, -0.05) is 0 Å². The third kappa shape index (κ3) is 3.41. The molecule has 2 fully saturated rings. The average molecular weight is 362 g/mol. The van der Waals surface area contributed by atoms with Crippen molar-refractivity contribution >= 4 is 11.2 Å². The lowest BCUT2D eigenvalue weighted by Gasteiger charge is -2.29. The van der Waals surface area contributed by atoms with Gasteiger partial charge in [0.25, 0.3) is 0 Å². The van der Waals surface area contributed by atoms with Crippen LogP contribution >= 0.6 is 0 Å². The number of nitrogens with zero attached hydrogens (tertiary/aromatic N) is 4. The highest BCUT2D eigenvalue weighted by atomic mass is 19.3. The minimum Gasteiger partial charge on any atom is -0.381 e. The van der Waals surface area contributed by atoms with E-state index in [-0.39, 0.29) is 24.7 Å². The van der Waals surface area contributed by atoms with E-state index in [2.05, 4.69) is 9.97 Å². The summed E-state index contributed by atoms with van der Waals surface area (Å²) in [4.78, 5) is 18.8. The van der Waals surface area contributed by atoms with Crippen molar-refractivity contribution < 1.29 is 13.5 Å². The van der Waals surface area contributed by atoms with Gasteiger partial charge in [0.1, 0.15) is 11.3 Å². The Bertz CT molecular complexity index is 811. The van der Waals surface area contributed by atoms with Gasteiger partial charge in [-0.15, -0.1) is 0 Å². The maximum atomic E-state index is 13.6. The summed E-state index contributed by atoms with van der Waals surface area (Å²) in [5.41, 5.74) is 3.76. The van der Waals surface area contributed by atoms with Gasteiger partial charge in [-0.3, -0.25) is 0 Å². The average Bonchev–Trinajstić information content (AvgIpc) is 2.63. The molecule has 0 bridgehead atoms. The summed E-state index contributed by atoms with van der Waals surface area (Å²) < 4.78 is 32.7. The Balaban J connectivity index is 1.79. The van der Waals surface area contributed by atoms with Crippen LogP contribution in [0.4, 0.5) is 8.78 Å². The summed E-state index contributed by atoms with van der Waals surface area (Å²) in [5.74, 6) is -1.55. The summed E-state index contributed by atoms with van der Waals surface area (Å²) in [6, 6.07) is 0. The second-order valence-corrected chi connectivity index (χ2v) is 7.55. The standard InChI is InChI=1S/C19H24F2N4O/c1-11-12(2)23-18-16(22-11)15(13-3-7-19(20,21)8-4-13)24-17(25-18)14-5-9-26-10-6-14/h13-14H,3-10H2,1-2H3. The van der Waals surface area contributed by atoms with Crippen molar-refractivity contribution in [3.63, 3.8) is 0 Å². The Labute approximate surface area is 151 Å². The van der Waals surface area contributed by atoms with E-state index < -0.39 is 5.92 Å². The molecule has 0 N–H and O–H groups in total. The minimum absolute atomic E-state index is 0.00452.